The van der Waals surface area contributed by atoms with E-state index in [4.69, 9.17) is 0 Å². The lowest BCUT2D eigenvalue weighted by atomic mass is 10.2. The van der Waals surface area contributed by atoms with Crippen LogP contribution in [0.25, 0.3) is 5.69 Å². The summed E-state index contributed by atoms with van der Waals surface area (Å²) in [5, 5.41) is 15.3. The monoisotopic (exact) mass is 336 g/mol. The third-order valence-electron chi connectivity index (χ3n) is 4.30. The first kappa shape index (κ1) is 15.3. The molecule has 0 atom stereocenters. The second kappa shape index (κ2) is 6.01. The van der Waals surface area contributed by atoms with Gasteiger partial charge in [-0.15, -0.1) is 0 Å². The highest BCUT2D eigenvalue weighted by atomic mass is 16.6. The van der Waals surface area contributed by atoms with Gasteiger partial charge in [-0.25, -0.2) is 14.0 Å². The van der Waals surface area contributed by atoms with Crippen molar-refractivity contribution in [2.24, 2.45) is 0 Å². The van der Waals surface area contributed by atoms with Crippen LogP contribution in [-0.2, 0) is 6.54 Å². The van der Waals surface area contributed by atoms with E-state index in [0.29, 0.717) is 5.92 Å². The molecule has 3 aromatic rings. The van der Waals surface area contributed by atoms with Gasteiger partial charge in [0.25, 0.3) is 5.69 Å². The number of nitro groups is 1. The quantitative estimate of drug-likeness (QED) is 0.530. The average Bonchev–Trinajstić information content (AvgIpc) is 3.42. The number of hydrogen-bond donors (Lipinski definition) is 0. The summed E-state index contributed by atoms with van der Waals surface area (Å²) >= 11 is 0. The molecule has 1 aliphatic rings. The Kier molecular flexibility index (Phi) is 3.68. The van der Waals surface area contributed by atoms with E-state index in [1.54, 1.807) is 16.7 Å². The highest BCUT2D eigenvalue weighted by molar-refractivity contribution is 5.35. The fraction of sp³-hybridized carbons (Fsp3) is 0.222. The number of para-hydroxylation sites is 1. The van der Waals surface area contributed by atoms with Crippen LogP contribution in [0, 0.1) is 10.1 Å². The molecule has 0 N–H and O–H groups in total. The Balaban J connectivity index is 1.71. The normalized spacial score (nSPS) is 13.8. The van der Waals surface area contributed by atoms with Crippen LogP contribution < -0.4 is 5.69 Å². The molecule has 25 heavy (non-hydrogen) atoms. The number of rotatable bonds is 5. The first-order chi connectivity index (χ1) is 12.1. The molecule has 126 valence electrons. The van der Waals surface area contributed by atoms with Crippen LogP contribution in [0.4, 0.5) is 5.69 Å². The molecule has 0 unspecified atom stereocenters. The maximum absolute atomic E-state index is 12.9. The molecule has 1 saturated carbocycles. The first-order valence-corrected chi connectivity index (χ1v) is 8.12. The molecule has 0 amide bonds. The van der Waals surface area contributed by atoms with Gasteiger partial charge < -0.3 is 0 Å². The standard InChI is InChI=1S/C18H16N4O3/c23-18-20(12-13-6-10-16(11-7-13)22(24)25)19-17(14-8-9-14)21(18)15-4-2-1-3-5-15/h1-7,10-11,14H,8-9,12H2. The molecule has 1 aliphatic carbocycles. The lowest BCUT2D eigenvalue weighted by Crippen LogP contribution is -2.24. The van der Waals surface area contributed by atoms with Crippen LogP contribution in [0.2, 0.25) is 0 Å². The molecule has 7 heteroatoms. The average molecular weight is 336 g/mol. The van der Waals surface area contributed by atoms with E-state index < -0.39 is 4.92 Å². The number of nitro benzene ring substituents is 1. The van der Waals surface area contributed by atoms with Gasteiger partial charge in [-0.05, 0) is 30.5 Å². The van der Waals surface area contributed by atoms with Crippen molar-refractivity contribution in [1.29, 1.82) is 0 Å². The van der Waals surface area contributed by atoms with Gasteiger partial charge in [0.1, 0.15) is 5.82 Å². The fourth-order valence-corrected chi connectivity index (χ4v) is 2.85. The number of aromatic nitrogens is 3. The minimum atomic E-state index is -0.439. The molecular weight excluding hydrogens is 320 g/mol. The lowest BCUT2D eigenvalue weighted by Gasteiger charge is -2.03. The summed E-state index contributed by atoms with van der Waals surface area (Å²) < 4.78 is 3.10. The molecule has 2 aromatic carbocycles. The number of benzene rings is 2. The molecule has 1 aromatic heterocycles. The maximum atomic E-state index is 12.9. The van der Waals surface area contributed by atoms with E-state index in [0.717, 1.165) is 29.9 Å². The zero-order valence-corrected chi connectivity index (χ0v) is 13.4. The summed E-state index contributed by atoms with van der Waals surface area (Å²) in [5.41, 5.74) is 1.45. The lowest BCUT2D eigenvalue weighted by molar-refractivity contribution is -0.384. The predicted molar refractivity (Wildman–Crippen MR) is 92.0 cm³/mol. The Morgan fingerprint density at radius 2 is 1.76 bits per heavy atom. The Morgan fingerprint density at radius 1 is 1.08 bits per heavy atom. The largest absolute Gasteiger partial charge is 0.350 e. The first-order valence-electron chi connectivity index (χ1n) is 8.12. The summed E-state index contributed by atoms with van der Waals surface area (Å²) in [6.07, 6.45) is 2.08. The van der Waals surface area contributed by atoms with Crippen LogP contribution in [-0.4, -0.2) is 19.3 Å². The van der Waals surface area contributed by atoms with E-state index in [1.807, 2.05) is 30.3 Å². The van der Waals surface area contributed by atoms with Gasteiger partial charge in [0.2, 0.25) is 0 Å². The Bertz CT molecular complexity index is 970. The van der Waals surface area contributed by atoms with Gasteiger partial charge in [-0.3, -0.25) is 10.1 Å². The summed E-state index contributed by atoms with van der Waals surface area (Å²) in [6, 6.07) is 15.7. The van der Waals surface area contributed by atoms with Crippen LogP contribution in [0.5, 0.6) is 0 Å². The molecule has 0 radical (unpaired) electrons. The maximum Gasteiger partial charge on any atom is 0.350 e. The van der Waals surface area contributed by atoms with Gasteiger partial charge in [0.15, 0.2) is 0 Å². The Labute approximate surface area is 143 Å². The van der Waals surface area contributed by atoms with E-state index in [9.17, 15) is 14.9 Å². The third-order valence-corrected chi connectivity index (χ3v) is 4.30. The van der Waals surface area contributed by atoms with Crippen molar-refractivity contribution in [2.45, 2.75) is 25.3 Å². The number of non-ortho nitro benzene ring substituents is 1. The molecule has 0 saturated heterocycles. The van der Waals surface area contributed by atoms with Crippen molar-refractivity contribution in [3.63, 3.8) is 0 Å². The van der Waals surface area contributed by atoms with Crippen LogP contribution in [0.1, 0.15) is 30.1 Å². The highest BCUT2D eigenvalue weighted by Gasteiger charge is 2.31. The molecular formula is C18H16N4O3. The topological polar surface area (TPSA) is 83.0 Å². The van der Waals surface area contributed by atoms with Crippen molar-refractivity contribution in [3.8, 4) is 5.69 Å². The van der Waals surface area contributed by atoms with E-state index in [2.05, 4.69) is 5.10 Å². The van der Waals surface area contributed by atoms with Crippen molar-refractivity contribution in [3.05, 3.63) is 86.6 Å². The van der Waals surface area contributed by atoms with Crippen LogP contribution in [0.3, 0.4) is 0 Å². The number of nitrogens with zero attached hydrogens (tertiary/aromatic N) is 4. The summed E-state index contributed by atoms with van der Waals surface area (Å²) in [4.78, 5) is 23.2. The van der Waals surface area contributed by atoms with Gasteiger partial charge in [-0.2, -0.15) is 5.10 Å². The number of hydrogen-bond acceptors (Lipinski definition) is 4. The molecule has 0 aliphatic heterocycles. The summed E-state index contributed by atoms with van der Waals surface area (Å²) in [5.74, 6) is 1.11. The minimum Gasteiger partial charge on any atom is -0.258 e. The zero-order valence-electron chi connectivity index (χ0n) is 13.4. The van der Waals surface area contributed by atoms with E-state index in [-0.39, 0.29) is 17.9 Å². The molecule has 0 bridgehead atoms. The second-order valence-electron chi connectivity index (χ2n) is 6.17. The SMILES string of the molecule is O=c1n(Cc2ccc([N+](=O)[O-])cc2)nc(C2CC2)n1-c1ccccc1. The van der Waals surface area contributed by atoms with E-state index >= 15 is 0 Å². The minimum absolute atomic E-state index is 0.0320. The smallest absolute Gasteiger partial charge is 0.258 e. The van der Waals surface area contributed by atoms with Gasteiger partial charge >= 0.3 is 5.69 Å². The second-order valence-corrected chi connectivity index (χ2v) is 6.17. The van der Waals surface area contributed by atoms with Gasteiger partial charge in [0.05, 0.1) is 17.2 Å². The van der Waals surface area contributed by atoms with Crippen LogP contribution in [0.15, 0.2) is 59.4 Å². The molecule has 1 fully saturated rings. The van der Waals surface area contributed by atoms with Crippen molar-refractivity contribution in [1.82, 2.24) is 14.3 Å². The predicted octanol–water partition coefficient (Wildman–Crippen LogP) is 2.87. The van der Waals surface area contributed by atoms with E-state index in [1.165, 1.54) is 16.8 Å². The summed E-state index contributed by atoms with van der Waals surface area (Å²) in [7, 11) is 0. The van der Waals surface area contributed by atoms with Crippen molar-refractivity contribution < 1.29 is 4.92 Å². The Hall–Kier alpha value is -3.22. The molecule has 1 heterocycles. The molecule has 4 rings (SSSR count). The van der Waals surface area contributed by atoms with Crippen molar-refractivity contribution >= 4 is 5.69 Å². The van der Waals surface area contributed by atoms with Crippen LogP contribution >= 0.6 is 0 Å². The van der Waals surface area contributed by atoms with Crippen molar-refractivity contribution in [2.75, 3.05) is 0 Å². The molecule has 0 spiro atoms. The fourth-order valence-electron chi connectivity index (χ4n) is 2.85. The van der Waals surface area contributed by atoms with Gasteiger partial charge in [0, 0.05) is 18.1 Å². The summed E-state index contributed by atoms with van der Waals surface area (Å²) in [6.45, 7) is 0.288. The highest BCUT2D eigenvalue weighted by Crippen LogP contribution is 2.39. The Morgan fingerprint density at radius 3 is 2.36 bits per heavy atom. The third kappa shape index (κ3) is 2.96. The zero-order chi connectivity index (χ0) is 17.4. The molecule has 7 nitrogen and oxygen atoms in total. The van der Waals surface area contributed by atoms with Gasteiger partial charge in [-0.1, -0.05) is 30.3 Å².